The standard InChI is InChI=1S/C7H10N5O3/c8-3-5(13)9-1-2-12-4-10-11-6(14)7(12)15/h1-3,8H2,(H,9,13)(H,11,14). The van der Waals surface area contributed by atoms with Crippen molar-refractivity contribution in [2.45, 2.75) is 6.54 Å². The first-order chi connectivity index (χ1) is 7.15. The summed E-state index contributed by atoms with van der Waals surface area (Å²) in [5, 5.41) is 7.72. The minimum absolute atomic E-state index is 0.119. The van der Waals surface area contributed by atoms with Crippen LogP contribution in [0.4, 0.5) is 0 Å². The van der Waals surface area contributed by atoms with Crippen molar-refractivity contribution in [3.63, 3.8) is 0 Å². The van der Waals surface area contributed by atoms with Gasteiger partial charge in [0.2, 0.25) is 12.2 Å². The molecule has 1 amide bonds. The van der Waals surface area contributed by atoms with Crippen molar-refractivity contribution in [2.75, 3.05) is 13.1 Å². The number of nitrogens with one attached hydrogen (secondary N) is 2. The molecule has 0 aliphatic carbocycles. The van der Waals surface area contributed by atoms with Crippen molar-refractivity contribution in [3.8, 4) is 0 Å². The van der Waals surface area contributed by atoms with Gasteiger partial charge in [-0.25, -0.2) is 5.10 Å². The number of H-pyrrole nitrogens is 1. The summed E-state index contributed by atoms with van der Waals surface area (Å²) in [4.78, 5) is 32.7. The topological polar surface area (TPSA) is 123 Å². The van der Waals surface area contributed by atoms with Crippen LogP contribution in [-0.4, -0.2) is 33.8 Å². The summed E-state index contributed by atoms with van der Waals surface area (Å²) in [6.45, 7) is 0.200. The van der Waals surface area contributed by atoms with Crippen molar-refractivity contribution in [2.24, 2.45) is 5.73 Å². The molecule has 0 saturated heterocycles. The maximum absolute atomic E-state index is 11.1. The number of nitrogens with zero attached hydrogens (tertiary/aromatic N) is 2. The van der Waals surface area contributed by atoms with Crippen molar-refractivity contribution in [1.29, 1.82) is 0 Å². The number of rotatable bonds is 4. The second kappa shape index (κ2) is 5.05. The highest BCUT2D eigenvalue weighted by molar-refractivity contribution is 5.77. The van der Waals surface area contributed by atoms with Gasteiger partial charge in [-0.2, -0.15) is 5.10 Å². The number of aromatic amines is 1. The van der Waals surface area contributed by atoms with E-state index in [-0.39, 0.29) is 25.5 Å². The van der Waals surface area contributed by atoms with E-state index in [0.717, 1.165) is 4.57 Å². The lowest BCUT2D eigenvalue weighted by molar-refractivity contribution is -0.119. The van der Waals surface area contributed by atoms with Crippen LogP contribution in [0.15, 0.2) is 9.59 Å². The number of aromatic nitrogens is 3. The van der Waals surface area contributed by atoms with E-state index in [1.54, 1.807) is 0 Å². The van der Waals surface area contributed by atoms with Gasteiger partial charge in [-0.05, 0) is 0 Å². The number of hydrogen-bond donors (Lipinski definition) is 3. The third-order valence-electron chi connectivity index (χ3n) is 1.61. The minimum Gasteiger partial charge on any atom is -0.353 e. The molecular formula is C7H10N5O3. The Labute approximate surface area is 84.1 Å². The fraction of sp³-hybridized carbons (Fsp3) is 0.429. The third-order valence-corrected chi connectivity index (χ3v) is 1.61. The predicted molar refractivity (Wildman–Crippen MR) is 50.0 cm³/mol. The normalized spacial score (nSPS) is 9.93. The van der Waals surface area contributed by atoms with Gasteiger partial charge >= 0.3 is 11.1 Å². The molecule has 8 nitrogen and oxygen atoms in total. The summed E-state index contributed by atoms with van der Waals surface area (Å²) in [5.74, 6) is -0.333. The summed E-state index contributed by atoms with van der Waals surface area (Å²) in [5.41, 5.74) is 3.47. The fourth-order valence-electron chi connectivity index (χ4n) is 0.883. The zero-order valence-electron chi connectivity index (χ0n) is 7.82. The Morgan fingerprint density at radius 2 is 2.33 bits per heavy atom. The van der Waals surface area contributed by atoms with E-state index >= 15 is 0 Å². The van der Waals surface area contributed by atoms with Crippen LogP contribution in [-0.2, 0) is 11.3 Å². The molecule has 0 unspecified atom stereocenters. The zero-order valence-corrected chi connectivity index (χ0v) is 7.82. The number of carbonyl (C=O) groups is 1. The van der Waals surface area contributed by atoms with Gasteiger partial charge in [0.05, 0.1) is 6.54 Å². The van der Waals surface area contributed by atoms with Crippen molar-refractivity contribution in [1.82, 2.24) is 20.1 Å². The second-order valence-electron chi connectivity index (χ2n) is 2.66. The highest BCUT2D eigenvalue weighted by Crippen LogP contribution is 1.71. The van der Waals surface area contributed by atoms with Crippen molar-refractivity contribution in [3.05, 3.63) is 27.0 Å². The smallest absolute Gasteiger partial charge is 0.330 e. The average Bonchev–Trinajstić information content (AvgIpc) is 2.24. The van der Waals surface area contributed by atoms with E-state index in [0.29, 0.717) is 0 Å². The van der Waals surface area contributed by atoms with Crippen molar-refractivity contribution >= 4 is 5.91 Å². The molecule has 0 aromatic carbocycles. The molecule has 8 heteroatoms. The summed E-state index contributed by atoms with van der Waals surface area (Å²) in [7, 11) is 0. The minimum atomic E-state index is -0.820. The van der Waals surface area contributed by atoms with Gasteiger partial charge in [-0.3, -0.25) is 19.0 Å². The number of carbonyl (C=O) groups excluding carboxylic acids is 1. The van der Waals surface area contributed by atoms with Crippen LogP contribution in [0.5, 0.6) is 0 Å². The molecule has 1 rings (SSSR count). The largest absolute Gasteiger partial charge is 0.353 e. The predicted octanol–water partition coefficient (Wildman–Crippen LogP) is -3.19. The molecule has 0 aliphatic rings. The SMILES string of the molecule is NCC(=O)NCCn1[c]n[nH]c(=O)c1=O. The Bertz CT molecular complexity index is 448. The third kappa shape index (κ3) is 3.02. The van der Waals surface area contributed by atoms with E-state index in [1.165, 1.54) is 0 Å². The van der Waals surface area contributed by atoms with E-state index in [4.69, 9.17) is 5.73 Å². The van der Waals surface area contributed by atoms with Crippen LogP contribution < -0.4 is 22.2 Å². The number of hydrogen-bond acceptors (Lipinski definition) is 5. The molecule has 0 spiro atoms. The molecule has 1 aromatic rings. The van der Waals surface area contributed by atoms with E-state index in [9.17, 15) is 14.4 Å². The molecule has 81 valence electrons. The van der Waals surface area contributed by atoms with Crippen LogP contribution in [0, 0.1) is 6.33 Å². The Balaban J connectivity index is 2.59. The summed E-state index contributed by atoms with van der Waals surface area (Å²) < 4.78 is 0.982. The fourth-order valence-corrected chi connectivity index (χ4v) is 0.883. The number of amides is 1. The van der Waals surface area contributed by atoms with Crippen LogP contribution >= 0.6 is 0 Å². The highest BCUT2D eigenvalue weighted by Gasteiger charge is 2.01. The van der Waals surface area contributed by atoms with Gasteiger partial charge in [0.25, 0.3) is 0 Å². The van der Waals surface area contributed by atoms with Crippen LogP contribution in [0.3, 0.4) is 0 Å². The Hall–Kier alpha value is -1.96. The second-order valence-corrected chi connectivity index (χ2v) is 2.66. The molecule has 0 saturated carbocycles. The molecule has 1 aromatic heterocycles. The van der Waals surface area contributed by atoms with Crippen LogP contribution in [0.1, 0.15) is 0 Å². The maximum atomic E-state index is 11.1. The van der Waals surface area contributed by atoms with Gasteiger partial charge in [0, 0.05) is 13.1 Å². The molecule has 1 heterocycles. The lowest BCUT2D eigenvalue weighted by atomic mass is 10.5. The quantitative estimate of drug-likeness (QED) is 0.454. The zero-order chi connectivity index (χ0) is 11.3. The van der Waals surface area contributed by atoms with Gasteiger partial charge in [0.1, 0.15) is 0 Å². The molecule has 0 fully saturated rings. The lowest BCUT2D eigenvalue weighted by Gasteiger charge is -2.03. The Kier molecular flexibility index (Phi) is 3.75. The molecule has 0 bridgehead atoms. The summed E-state index contributed by atoms with van der Waals surface area (Å²) >= 11 is 0. The van der Waals surface area contributed by atoms with Gasteiger partial charge < -0.3 is 11.1 Å². The molecular weight excluding hydrogens is 202 g/mol. The first-order valence-electron chi connectivity index (χ1n) is 4.19. The molecule has 1 radical (unpaired) electrons. The van der Waals surface area contributed by atoms with Gasteiger partial charge in [-0.1, -0.05) is 0 Å². The lowest BCUT2D eigenvalue weighted by Crippen LogP contribution is -2.40. The van der Waals surface area contributed by atoms with E-state index in [1.807, 2.05) is 5.10 Å². The Morgan fingerprint density at radius 3 is 3.00 bits per heavy atom. The first kappa shape index (κ1) is 11.1. The number of nitrogens with two attached hydrogens (primary N) is 1. The first-order valence-corrected chi connectivity index (χ1v) is 4.19. The molecule has 0 atom stereocenters. The van der Waals surface area contributed by atoms with Gasteiger partial charge in [0.15, 0.2) is 0 Å². The maximum Gasteiger partial charge on any atom is 0.330 e. The summed E-state index contributed by atoms with van der Waals surface area (Å²) in [6.07, 6.45) is 2.29. The summed E-state index contributed by atoms with van der Waals surface area (Å²) in [6, 6.07) is 0. The van der Waals surface area contributed by atoms with Gasteiger partial charge in [-0.15, -0.1) is 0 Å². The molecule has 0 aliphatic heterocycles. The molecule has 4 N–H and O–H groups in total. The highest BCUT2D eigenvalue weighted by atomic mass is 16.2. The van der Waals surface area contributed by atoms with Crippen molar-refractivity contribution < 1.29 is 4.79 Å². The molecule has 15 heavy (non-hydrogen) atoms. The van der Waals surface area contributed by atoms with Crippen LogP contribution in [0.2, 0.25) is 0 Å². The van der Waals surface area contributed by atoms with E-state index in [2.05, 4.69) is 16.7 Å². The van der Waals surface area contributed by atoms with E-state index < -0.39 is 11.1 Å². The monoisotopic (exact) mass is 212 g/mol. The average molecular weight is 212 g/mol. The Morgan fingerprint density at radius 1 is 1.60 bits per heavy atom. The van der Waals surface area contributed by atoms with Crippen LogP contribution in [0.25, 0.3) is 0 Å².